The molecule has 2 amide bonds. The highest BCUT2D eigenvalue weighted by Gasteiger charge is 2.24. The van der Waals surface area contributed by atoms with Crippen LogP contribution < -0.4 is 20.1 Å². The fourth-order valence-corrected chi connectivity index (χ4v) is 3.40. The number of nitrogens with zero attached hydrogens (tertiary/aromatic N) is 2. The molecule has 8 nitrogen and oxygen atoms in total. The first-order valence-corrected chi connectivity index (χ1v) is 10.2. The van der Waals surface area contributed by atoms with Crippen molar-refractivity contribution in [3.05, 3.63) is 90.3 Å². The van der Waals surface area contributed by atoms with Crippen LogP contribution in [0.4, 0.5) is 10.5 Å². The van der Waals surface area contributed by atoms with E-state index >= 15 is 0 Å². The van der Waals surface area contributed by atoms with Gasteiger partial charge in [-0.05, 0) is 29.8 Å². The molecule has 1 aromatic heterocycles. The van der Waals surface area contributed by atoms with Crippen LogP contribution >= 0.6 is 0 Å². The number of carbonyl (C=O) groups is 1. The monoisotopic (exact) mass is 428 g/mol. The van der Waals surface area contributed by atoms with Gasteiger partial charge >= 0.3 is 6.03 Å². The molecule has 0 fully saturated rings. The van der Waals surface area contributed by atoms with Crippen molar-refractivity contribution in [2.75, 3.05) is 18.5 Å². The van der Waals surface area contributed by atoms with Gasteiger partial charge in [0, 0.05) is 17.3 Å². The zero-order valence-corrected chi connectivity index (χ0v) is 17.0. The summed E-state index contributed by atoms with van der Waals surface area (Å²) in [5, 5.41) is 14.1. The lowest BCUT2D eigenvalue weighted by atomic mass is 10.1. The molecule has 0 radical (unpaired) electrons. The van der Waals surface area contributed by atoms with Crippen molar-refractivity contribution in [2.24, 2.45) is 0 Å². The SMILES string of the molecule is O=C(Nc1ccc2c(c1)OCCO2)N[C@H](c1ccccc1)c1nnc(-c2ccccc2)o1. The Bertz CT molecular complexity index is 1210. The van der Waals surface area contributed by atoms with Crippen LogP contribution in [-0.2, 0) is 0 Å². The van der Waals surface area contributed by atoms with Gasteiger partial charge in [-0.25, -0.2) is 4.79 Å². The van der Waals surface area contributed by atoms with Crippen LogP contribution in [0.3, 0.4) is 0 Å². The molecule has 2 heterocycles. The predicted molar refractivity (Wildman–Crippen MR) is 118 cm³/mol. The molecule has 1 aliphatic rings. The van der Waals surface area contributed by atoms with Crippen LogP contribution in [-0.4, -0.2) is 29.4 Å². The minimum absolute atomic E-state index is 0.285. The lowest BCUT2D eigenvalue weighted by Crippen LogP contribution is -2.33. The summed E-state index contributed by atoms with van der Waals surface area (Å²) in [6.45, 7) is 0.980. The molecule has 4 aromatic rings. The number of benzene rings is 3. The predicted octanol–water partition coefficient (Wildman–Crippen LogP) is 4.42. The van der Waals surface area contributed by atoms with Gasteiger partial charge in [-0.3, -0.25) is 0 Å². The molecule has 0 bridgehead atoms. The Hall–Kier alpha value is -4.33. The molecule has 2 N–H and O–H groups in total. The normalized spacial score (nSPS) is 13.2. The molecule has 32 heavy (non-hydrogen) atoms. The number of amides is 2. The van der Waals surface area contributed by atoms with Crippen molar-refractivity contribution in [1.82, 2.24) is 15.5 Å². The number of carbonyl (C=O) groups excluding carboxylic acids is 1. The first-order valence-electron chi connectivity index (χ1n) is 10.2. The van der Waals surface area contributed by atoms with E-state index in [0.717, 1.165) is 11.1 Å². The average Bonchev–Trinajstić information content (AvgIpc) is 3.34. The average molecular weight is 428 g/mol. The van der Waals surface area contributed by atoms with Gasteiger partial charge in [0.1, 0.15) is 19.3 Å². The van der Waals surface area contributed by atoms with Gasteiger partial charge in [0.15, 0.2) is 11.5 Å². The molecule has 0 unspecified atom stereocenters. The van der Waals surface area contributed by atoms with Gasteiger partial charge in [0.05, 0.1) is 0 Å². The molecule has 8 heteroatoms. The van der Waals surface area contributed by atoms with Crippen LogP contribution in [0.15, 0.2) is 83.3 Å². The summed E-state index contributed by atoms with van der Waals surface area (Å²) >= 11 is 0. The van der Waals surface area contributed by atoms with Crippen LogP contribution in [0.5, 0.6) is 11.5 Å². The maximum absolute atomic E-state index is 12.8. The number of anilines is 1. The van der Waals surface area contributed by atoms with E-state index in [-0.39, 0.29) is 5.89 Å². The summed E-state index contributed by atoms with van der Waals surface area (Å²) in [7, 11) is 0. The summed E-state index contributed by atoms with van der Waals surface area (Å²) in [5.41, 5.74) is 2.20. The number of urea groups is 1. The van der Waals surface area contributed by atoms with Crippen molar-refractivity contribution < 1.29 is 18.7 Å². The van der Waals surface area contributed by atoms with Crippen molar-refractivity contribution in [2.45, 2.75) is 6.04 Å². The van der Waals surface area contributed by atoms with E-state index in [2.05, 4.69) is 20.8 Å². The van der Waals surface area contributed by atoms with E-state index in [4.69, 9.17) is 13.9 Å². The zero-order chi connectivity index (χ0) is 21.8. The lowest BCUT2D eigenvalue weighted by Gasteiger charge is -2.20. The van der Waals surface area contributed by atoms with Gasteiger partial charge in [-0.1, -0.05) is 48.5 Å². The second kappa shape index (κ2) is 8.81. The minimum Gasteiger partial charge on any atom is -0.486 e. The smallest absolute Gasteiger partial charge is 0.320 e. The molecule has 3 aromatic carbocycles. The molecular formula is C24H20N4O4. The Morgan fingerprint density at radius 2 is 1.56 bits per heavy atom. The molecule has 0 aliphatic carbocycles. The van der Waals surface area contributed by atoms with Crippen molar-refractivity contribution in [1.29, 1.82) is 0 Å². The Balaban J connectivity index is 1.37. The summed E-state index contributed by atoms with van der Waals surface area (Å²) in [4.78, 5) is 12.8. The van der Waals surface area contributed by atoms with Crippen molar-refractivity contribution in [3.63, 3.8) is 0 Å². The number of hydrogen-bond donors (Lipinski definition) is 2. The molecule has 5 rings (SSSR count). The highest BCUT2D eigenvalue weighted by molar-refractivity contribution is 5.90. The van der Waals surface area contributed by atoms with Gasteiger partial charge in [-0.2, -0.15) is 0 Å². The van der Waals surface area contributed by atoms with Gasteiger partial charge in [0.25, 0.3) is 0 Å². The third-order valence-corrected chi connectivity index (χ3v) is 4.92. The zero-order valence-electron chi connectivity index (χ0n) is 17.0. The molecule has 160 valence electrons. The van der Waals surface area contributed by atoms with Crippen molar-refractivity contribution in [3.8, 4) is 23.0 Å². The third-order valence-electron chi connectivity index (χ3n) is 4.92. The Morgan fingerprint density at radius 1 is 0.844 bits per heavy atom. The van der Waals surface area contributed by atoms with Crippen LogP contribution in [0, 0.1) is 0 Å². The first-order chi connectivity index (χ1) is 15.8. The summed E-state index contributed by atoms with van der Waals surface area (Å²) in [5.74, 6) is 1.92. The second-order valence-corrected chi connectivity index (χ2v) is 7.11. The van der Waals surface area contributed by atoms with Gasteiger partial charge in [0.2, 0.25) is 11.8 Å². The van der Waals surface area contributed by atoms with E-state index in [0.29, 0.717) is 36.3 Å². The maximum Gasteiger partial charge on any atom is 0.320 e. The number of ether oxygens (including phenoxy) is 2. The molecule has 1 atom stereocenters. The lowest BCUT2D eigenvalue weighted by molar-refractivity contribution is 0.171. The quantitative estimate of drug-likeness (QED) is 0.488. The Labute approximate surface area is 184 Å². The number of aromatic nitrogens is 2. The fraction of sp³-hybridized carbons (Fsp3) is 0.125. The Morgan fingerprint density at radius 3 is 2.34 bits per heavy atom. The van der Waals surface area contributed by atoms with E-state index < -0.39 is 12.1 Å². The molecule has 0 saturated heterocycles. The van der Waals surface area contributed by atoms with Gasteiger partial charge in [-0.15, -0.1) is 10.2 Å². The molecule has 1 aliphatic heterocycles. The topological polar surface area (TPSA) is 98.5 Å². The highest BCUT2D eigenvalue weighted by atomic mass is 16.6. The second-order valence-electron chi connectivity index (χ2n) is 7.11. The van der Waals surface area contributed by atoms with Crippen LogP contribution in [0.25, 0.3) is 11.5 Å². The molecule has 0 saturated carbocycles. The first kappa shape index (κ1) is 19.6. The summed E-state index contributed by atoms with van der Waals surface area (Å²) < 4.78 is 17.0. The summed E-state index contributed by atoms with van der Waals surface area (Å²) in [6.07, 6.45) is 0. The van der Waals surface area contributed by atoms with Gasteiger partial charge < -0.3 is 24.5 Å². The summed E-state index contributed by atoms with van der Waals surface area (Å²) in [6, 6.07) is 23.1. The standard InChI is InChI=1S/C24H20N4O4/c29-24(25-18-11-12-19-20(15-18)31-14-13-30-19)26-21(16-7-3-1-4-8-16)23-28-27-22(32-23)17-9-5-2-6-10-17/h1-12,15,21H,13-14H2,(H2,25,26,29)/t21-/m1/s1. The van der Waals surface area contributed by atoms with E-state index in [1.54, 1.807) is 18.2 Å². The van der Waals surface area contributed by atoms with Crippen LogP contribution in [0.2, 0.25) is 0 Å². The Kier molecular flexibility index (Phi) is 5.40. The largest absolute Gasteiger partial charge is 0.486 e. The number of hydrogen-bond acceptors (Lipinski definition) is 6. The maximum atomic E-state index is 12.8. The van der Waals surface area contributed by atoms with E-state index in [1.807, 2.05) is 60.7 Å². The minimum atomic E-state index is -0.627. The highest BCUT2D eigenvalue weighted by Crippen LogP contribution is 2.32. The number of nitrogens with one attached hydrogen (secondary N) is 2. The van der Waals surface area contributed by atoms with Crippen molar-refractivity contribution >= 4 is 11.7 Å². The van der Waals surface area contributed by atoms with Crippen LogP contribution in [0.1, 0.15) is 17.5 Å². The molecule has 0 spiro atoms. The molecular weight excluding hydrogens is 408 g/mol. The number of rotatable bonds is 5. The fourth-order valence-electron chi connectivity index (χ4n) is 3.40. The van der Waals surface area contributed by atoms with E-state index in [9.17, 15) is 4.79 Å². The third kappa shape index (κ3) is 4.24. The number of fused-ring (bicyclic) bond motifs is 1. The van der Waals surface area contributed by atoms with E-state index in [1.165, 1.54) is 0 Å².